The fraction of sp³-hybridized carbons (Fsp3) is 0.615. The molecular weight excluding hydrogens is 246 g/mol. The molecule has 1 rings (SSSR count). The van der Waals surface area contributed by atoms with Crippen LogP contribution >= 0.6 is 0 Å². The zero-order chi connectivity index (χ0) is 14.4. The van der Waals surface area contributed by atoms with Gasteiger partial charge in [0, 0.05) is 19.0 Å². The molecule has 106 valence electrons. The van der Waals surface area contributed by atoms with Crippen LogP contribution < -0.4 is 5.32 Å². The van der Waals surface area contributed by atoms with Crippen LogP contribution in [0, 0.1) is 12.8 Å². The van der Waals surface area contributed by atoms with Crippen LogP contribution in [0.3, 0.4) is 0 Å². The van der Waals surface area contributed by atoms with Crippen molar-refractivity contribution in [2.75, 3.05) is 18.4 Å². The SMILES string of the molecule is CCN(CC(=O)Nc1cc(C)on1)C(=O)CC(C)C. The van der Waals surface area contributed by atoms with Crippen molar-refractivity contribution in [3.8, 4) is 0 Å². The van der Waals surface area contributed by atoms with Gasteiger partial charge < -0.3 is 14.7 Å². The largest absolute Gasteiger partial charge is 0.360 e. The summed E-state index contributed by atoms with van der Waals surface area (Å²) in [4.78, 5) is 25.2. The maximum Gasteiger partial charge on any atom is 0.245 e. The number of aryl methyl sites for hydroxylation is 1. The molecule has 19 heavy (non-hydrogen) atoms. The van der Waals surface area contributed by atoms with Crippen LogP contribution in [0.2, 0.25) is 0 Å². The molecule has 1 heterocycles. The summed E-state index contributed by atoms with van der Waals surface area (Å²) in [6.45, 7) is 8.09. The zero-order valence-corrected chi connectivity index (χ0v) is 11.9. The number of anilines is 1. The van der Waals surface area contributed by atoms with Crippen molar-refractivity contribution in [2.24, 2.45) is 5.92 Å². The minimum absolute atomic E-state index is 0.0102. The van der Waals surface area contributed by atoms with Crippen molar-refractivity contribution >= 4 is 17.6 Å². The highest BCUT2D eigenvalue weighted by atomic mass is 16.5. The third-order valence-electron chi connectivity index (χ3n) is 2.55. The lowest BCUT2D eigenvalue weighted by Crippen LogP contribution is -2.38. The highest BCUT2D eigenvalue weighted by molar-refractivity contribution is 5.93. The van der Waals surface area contributed by atoms with Gasteiger partial charge in [0.05, 0.1) is 6.54 Å². The Morgan fingerprint density at radius 1 is 1.47 bits per heavy atom. The highest BCUT2D eigenvalue weighted by Crippen LogP contribution is 2.08. The molecule has 6 nitrogen and oxygen atoms in total. The van der Waals surface area contributed by atoms with E-state index in [-0.39, 0.29) is 24.3 Å². The quantitative estimate of drug-likeness (QED) is 0.853. The first-order valence-electron chi connectivity index (χ1n) is 6.43. The first kappa shape index (κ1) is 15.2. The van der Waals surface area contributed by atoms with Gasteiger partial charge in [-0.3, -0.25) is 9.59 Å². The van der Waals surface area contributed by atoms with Gasteiger partial charge in [-0.05, 0) is 19.8 Å². The Hall–Kier alpha value is -1.85. The molecule has 0 fully saturated rings. The summed E-state index contributed by atoms with van der Waals surface area (Å²) in [5.74, 6) is 0.993. The second-order valence-electron chi connectivity index (χ2n) is 4.88. The second kappa shape index (κ2) is 6.92. The summed E-state index contributed by atoms with van der Waals surface area (Å²) in [6.07, 6.45) is 0.449. The van der Waals surface area contributed by atoms with Gasteiger partial charge in [-0.2, -0.15) is 0 Å². The standard InChI is InChI=1S/C13H21N3O3/c1-5-16(13(18)6-9(2)3)8-12(17)14-11-7-10(4)19-15-11/h7,9H,5-6,8H2,1-4H3,(H,14,15,17). The van der Waals surface area contributed by atoms with Crippen molar-refractivity contribution in [2.45, 2.75) is 34.1 Å². The van der Waals surface area contributed by atoms with E-state index in [2.05, 4.69) is 10.5 Å². The predicted molar refractivity (Wildman–Crippen MR) is 71.6 cm³/mol. The average Bonchev–Trinajstić information content (AvgIpc) is 2.70. The molecule has 0 saturated carbocycles. The maximum atomic E-state index is 11.9. The summed E-state index contributed by atoms with van der Waals surface area (Å²) in [5.41, 5.74) is 0. The maximum absolute atomic E-state index is 11.9. The molecule has 0 bridgehead atoms. The number of hydrogen-bond acceptors (Lipinski definition) is 4. The summed E-state index contributed by atoms with van der Waals surface area (Å²) < 4.78 is 4.85. The second-order valence-corrected chi connectivity index (χ2v) is 4.88. The number of rotatable bonds is 6. The van der Waals surface area contributed by atoms with Crippen molar-refractivity contribution < 1.29 is 14.1 Å². The molecule has 0 spiro atoms. The molecule has 0 unspecified atom stereocenters. The Bertz CT molecular complexity index is 440. The first-order valence-corrected chi connectivity index (χ1v) is 6.43. The predicted octanol–water partition coefficient (Wildman–Crippen LogP) is 1.82. The molecule has 1 N–H and O–H groups in total. The van der Waals surface area contributed by atoms with Gasteiger partial charge in [0.15, 0.2) is 5.82 Å². The normalized spacial score (nSPS) is 10.6. The van der Waals surface area contributed by atoms with E-state index >= 15 is 0 Å². The van der Waals surface area contributed by atoms with Crippen molar-refractivity contribution in [3.63, 3.8) is 0 Å². The Balaban J connectivity index is 2.51. The number of likely N-dealkylation sites (N-methyl/N-ethyl adjacent to an activating group) is 1. The van der Waals surface area contributed by atoms with Crippen LogP contribution in [-0.4, -0.2) is 35.0 Å². The van der Waals surface area contributed by atoms with Gasteiger partial charge in [-0.1, -0.05) is 19.0 Å². The average molecular weight is 267 g/mol. The van der Waals surface area contributed by atoms with Gasteiger partial charge in [0.25, 0.3) is 0 Å². The highest BCUT2D eigenvalue weighted by Gasteiger charge is 2.17. The fourth-order valence-corrected chi connectivity index (χ4v) is 1.64. The third-order valence-corrected chi connectivity index (χ3v) is 2.55. The Labute approximate surface area is 113 Å². The lowest BCUT2D eigenvalue weighted by Gasteiger charge is -2.20. The van der Waals surface area contributed by atoms with Gasteiger partial charge in [-0.15, -0.1) is 0 Å². The molecule has 0 aliphatic heterocycles. The first-order chi connectivity index (χ1) is 8.92. The van der Waals surface area contributed by atoms with Crippen LogP contribution in [-0.2, 0) is 9.59 Å². The summed E-state index contributed by atoms with van der Waals surface area (Å²) in [6, 6.07) is 1.63. The van der Waals surface area contributed by atoms with Gasteiger partial charge in [0.2, 0.25) is 11.8 Å². The fourth-order valence-electron chi connectivity index (χ4n) is 1.64. The van der Waals surface area contributed by atoms with E-state index in [0.717, 1.165) is 0 Å². The minimum atomic E-state index is -0.271. The number of nitrogens with zero attached hydrogens (tertiary/aromatic N) is 2. The summed E-state index contributed by atoms with van der Waals surface area (Å²) in [7, 11) is 0. The smallest absolute Gasteiger partial charge is 0.245 e. The van der Waals surface area contributed by atoms with Crippen LogP contribution in [0.25, 0.3) is 0 Å². The van der Waals surface area contributed by atoms with Crippen molar-refractivity contribution in [3.05, 3.63) is 11.8 Å². The van der Waals surface area contributed by atoms with E-state index in [1.165, 1.54) is 4.90 Å². The molecule has 0 aliphatic carbocycles. The molecule has 0 radical (unpaired) electrons. The van der Waals surface area contributed by atoms with Gasteiger partial charge in [-0.25, -0.2) is 0 Å². The van der Waals surface area contributed by atoms with E-state index < -0.39 is 0 Å². The number of amides is 2. The molecule has 0 atom stereocenters. The summed E-state index contributed by atoms with van der Waals surface area (Å²) >= 11 is 0. The van der Waals surface area contributed by atoms with E-state index in [4.69, 9.17) is 4.52 Å². The number of hydrogen-bond donors (Lipinski definition) is 1. The number of aromatic nitrogens is 1. The van der Waals surface area contributed by atoms with E-state index in [0.29, 0.717) is 24.5 Å². The van der Waals surface area contributed by atoms with Crippen LogP contribution in [0.4, 0.5) is 5.82 Å². The Kier molecular flexibility index (Phi) is 5.54. The zero-order valence-electron chi connectivity index (χ0n) is 11.9. The van der Waals surface area contributed by atoms with Gasteiger partial charge in [0.1, 0.15) is 5.76 Å². The topological polar surface area (TPSA) is 75.4 Å². The number of carbonyl (C=O) groups is 2. The van der Waals surface area contributed by atoms with E-state index in [9.17, 15) is 9.59 Å². The number of nitrogens with one attached hydrogen (secondary N) is 1. The lowest BCUT2D eigenvalue weighted by molar-refractivity contribution is -0.135. The minimum Gasteiger partial charge on any atom is -0.360 e. The Morgan fingerprint density at radius 3 is 2.63 bits per heavy atom. The van der Waals surface area contributed by atoms with E-state index in [1.807, 2.05) is 20.8 Å². The molecule has 1 aromatic rings. The summed E-state index contributed by atoms with van der Waals surface area (Å²) in [5, 5.41) is 6.27. The molecule has 0 aliphatic rings. The van der Waals surface area contributed by atoms with Crippen LogP contribution in [0.15, 0.2) is 10.6 Å². The molecule has 6 heteroatoms. The molecule has 0 aromatic carbocycles. The molecule has 2 amide bonds. The van der Waals surface area contributed by atoms with E-state index in [1.54, 1.807) is 13.0 Å². The molecule has 1 aromatic heterocycles. The number of carbonyl (C=O) groups excluding carboxylic acids is 2. The van der Waals surface area contributed by atoms with Crippen molar-refractivity contribution in [1.29, 1.82) is 0 Å². The third kappa shape index (κ3) is 5.11. The van der Waals surface area contributed by atoms with Crippen LogP contribution in [0.1, 0.15) is 33.0 Å². The van der Waals surface area contributed by atoms with Crippen LogP contribution in [0.5, 0.6) is 0 Å². The monoisotopic (exact) mass is 267 g/mol. The van der Waals surface area contributed by atoms with Gasteiger partial charge >= 0.3 is 0 Å². The molecular formula is C13H21N3O3. The van der Waals surface area contributed by atoms with Crippen molar-refractivity contribution in [1.82, 2.24) is 10.1 Å². The molecule has 0 saturated heterocycles. The lowest BCUT2D eigenvalue weighted by atomic mass is 10.1. The Morgan fingerprint density at radius 2 is 2.16 bits per heavy atom.